The molecule has 1 heterocycles. The molecule has 20 heavy (non-hydrogen) atoms. The molecule has 0 radical (unpaired) electrons. The quantitative estimate of drug-likeness (QED) is 0.909. The van der Waals surface area contributed by atoms with Crippen LogP contribution in [0.15, 0.2) is 24.3 Å². The molecule has 0 aliphatic heterocycles. The highest BCUT2D eigenvalue weighted by atomic mass is 19.1. The first-order chi connectivity index (χ1) is 9.49. The van der Waals surface area contributed by atoms with E-state index in [1.54, 1.807) is 0 Å². The van der Waals surface area contributed by atoms with Gasteiger partial charge in [-0.25, -0.2) is 4.39 Å². The normalized spacial score (nSPS) is 12.7. The van der Waals surface area contributed by atoms with Crippen LogP contribution in [-0.4, -0.2) is 16.3 Å². The Hall–Kier alpha value is -1.68. The van der Waals surface area contributed by atoms with Crippen molar-refractivity contribution in [2.45, 2.75) is 33.2 Å². The zero-order valence-corrected chi connectivity index (χ0v) is 12.6. The van der Waals surface area contributed by atoms with Crippen LogP contribution in [0.5, 0.6) is 0 Å². The first-order valence-corrected chi connectivity index (χ1v) is 6.97. The topological polar surface area (TPSA) is 29.9 Å². The number of aryl methyl sites for hydroxylation is 2. The van der Waals surface area contributed by atoms with Crippen molar-refractivity contribution in [3.8, 4) is 0 Å². The van der Waals surface area contributed by atoms with Crippen LogP contribution in [0.1, 0.15) is 35.5 Å². The zero-order valence-electron chi connectivity index (χ0n) is 12.6. The minimum Gasteiger partial charge on any atom is -0.310 e. The molecule has 108 valence electrons. The molecule has 1 aromatic carbocycles. The Bertz CT molecular complexity index is 572. The Labute approximate surface area is 119 Å². The van der Waals surface area contributed by atoms with Gasteiger partial charge in [0.25, 0.3) is 0 Å². The van der Waals surface area contributed by atoms with Gasteiger partial charge >= 0.3 is 0 Å². The van der Waals surface area contributed by atoms with Crippen molar-refractivity contribution >= 4 is 0 Å². The Balaban J connectivity index is 1.92. The maximum Gasteiger partial charge on any atom is 0.123 e. The first kappa shape index (κ1) is 14.7. The van der Waals surface area contributed by atoms with Gasteiger partial charge in [0.1, 0.15) is 5.82 Å². The summed E-state index contributed by atoms with van der Waals surface area (Å²) in [5, 5.41) is 7.95. The first-order valence-electron chi connectivity index (χ1n) is 6.97. The molecule has 4 heteroatoms. The second-order valence-corrected chi connectivity index (χ2v) is 5.26. The molecule has 1 N–H and O–H groups in total. The van der Waals surface area contributed by atoms with Crippen molar-refractivity contribution in [2.24, 2.45) is 7.05 Å². The third-order valence-electron chi connectivity index (χ3n) is 3.78. The van der Waals surface area contributed by atoms with Gasteiger partial charge in [0.2, 0.25) is 0 Å². The Morgan fingerprint density at radius 3 is 2.45 bits per heavy atom. The number of nitrogens with zero attached hydrogens (tertiary/aromatic N) is 2. The maximum atomic E-state index is 12.8. The Morgan fingerprint density at radius 2 is 1.90 bits per heavy atom. The van der Waals surface area contributed by atoms with Gasteiger partial charge in [-0.05, 0) is 51.4 Å². The van der Waals surface area contributed by atoms with Crippen molar-refractivity contribution in [3.63, 3.8) is 0 Å². The van der Waals surface area contributed by atoms with Gasteiger partial charge in [-0.15, -0.1) is 0 Å². The van der Waals surface area contributed by atoms with E-state index in [4.69, 9.17) is 0 Å². The van der Waals surface area contributed by atoms with Crippen LogP contribution in [0.3, 0.4) is 0 Å². The lowest BCUT2D eigenvalue weighted by molar-refractivity contribution is 0.570. The summed E-state index contributed by atoms with van der Waals surface area (Å²) in [6.07, 6.45) is 0.892. The molecule has 0 saturated heterocycles. The summed E-state index contributed by atoms with van der Waals surface area (Å²) < 4.78 is 14.7. The molecule has 0 aliphatic rings. The van der Waals surface area contributed by atoms with Gasteiger partial charge in [-0.2, -0.15) is 5.10 Å². The minimum absolute atomic E-state index is 0.184. The summed E-state index contributed by atoms with van der Waals surface area (Å²) in [4.78, 5) is 0. The van der Waals surface area contributed by atoms with Crippen LogP contribution in [0.4, 0.5) is 4.39 Å². The number of halogens is 1. The van der Waals surface area contributed by atoms with Crippen LogP contribution in [0.2, 0.25) is 0 Å². The molecule has 0 amide bonds. The van der Waals surface area contributed by atoms with Crippen LogP contribution in [0, 0.1) is 19.7 Å². The Morgan fingerprint density at radius 1 is 1.25 bits per heavy atom. The fraction of sp³-hybridized carbons (Fsp3) is 0.438. The molecule has 3 nitrogen and oxygen atoms in total. The van der Waals surface area contributed by atoms with Crippen LogP contribution in [-0.2, 0) is 13.5 Å². The van der Waals surface area contributed by atoms with Crippen molar-refractivity contribution in [3.05, 3.63) is 52.6 Å². The summed E-state index contributed by atoms with van der Waals surface area (Å²) in [7, 11) is 1.97. The number of hydrogen-bond acceptors (Lipinski definition) is 2. The Kier molecular flexibility index (Phi) is 4.55. The van der Waals surface area contributed by atoms with Crippen molar-refractivity contribution in [1.29, 1.82) is 0 Å². The average molecular weight is 275 g/mol. The van der Waals surface area contributed by atoms with Gasteiger partial charge in [-0.3, -0.25) is 4.68 Å². The molecular weight excluding hydrogens is 253 g/mol. The van der Waals surface area contributed by atoms with E-state index in [0.29, 0.717) is 0 Å². The van der Waals surface area contributed by atoms with Crippen molar-refractivity contribution < 1.29 is 4.39 Å². The summed E-state index contributed by atoms with van der Waals surface area (Å²) in [5.41, 5.74) is 4.69. The van der Waals surface area contributed by atoms with Gasteiger partial charge in [0, 0.05) is 24.3 Å². The molecule has 1 aromatic heterocycles. The lowest BCUT2D eigenvalue weighted by Crippen LogP contribution is -2.22. The van der Waals surface area contributed by atoms with E-state index in [1.807, 2.05) is 30.8 Å². The molecule has 0 spiro atoms. The molecule has 0 saturated carbocycles. The van der Waals surface area contributed by atoms with E-state index in [2.05, 4.69) is 24.3 Å². The molecule has 2 rings (SSSR count). The summed E-state index contributed by atoms with van der Waals surface area (Å²) in [6.45, 7) is 7.15. The van der Waals surface area contributed by atoms with Gasteiger partial charge in [-0.1, -0.05) is 12.1 Å². The fourth-order valence-corrected chi connectivity index (χ4v) is 2.60. The van der Waals surface area contributed by atoms with Gasteiger partial charge in [0.15, 0.2) is 0 Å². The monoisotopic (exact) mass is 275 g/mol. The molecule has 0 fully saturated rings. The fourth-order valence-electron chi connectivity index (χ4n) is 2.60. The SMILES string of the molecule is Cc1nn(C)c(C)c1C(C)NCCc1ccc(F)cc1. The van der Waals surface area contributed by atoms with Crippen molar-refractivity contribution in [2.75, 3.05) is 6.54 Å². The number of rotatable bonds is 5. The van der Waals surface area contributed by atoms with E-state index < -0.39 is 0 Å². The highest BCUT2D eigenvalue weighted by molar-refractivity contribution is 5.27. The lowest BCUT2D eigenvalue weighted by Gasteiger charge is -2.14. The molecule has 1 unspecified atom stereocenters. The predicted octanol–water partition coefficient (Wildman–Crippen LogP) is 3.07. The number of benzene rings is 1. The number of aromatic nitrogens is 2. The predicted molar refractivity (Wildman–Crippen MR) is 79.2 cm³/mol. The third-order valence-corrected chi connectivity index (χ3v) is 3.78. The molecule has 0 bridgehead atoms. The van der Waals surface area contributed by atoms with Crippen LogP contribution >= 0.6 is 0 Å². The number of nitrogens with one attached hydrogen (secondary N) is 1. The summed E-state index contributed by atoms with van der Waals surface area (Å²) in [5.74, 6) is -0.184. The molecule has 1 atom stereocenters. The third kappa shape index (κ3) is 3.25. The van der Waals surface area contributed by atoms with E-state index in [0.717, 1.165) is 24.2 Å². The van der Waals surface area contributed by atoms with Gasteiger partial charge < -0.3 is 5.32 Å². The summed E-state index contributed by atoms with van der Waals surface area (Å²) >= 11 is 0. The van der Waals surface area contributed by atoms with E-state index in [-0.39, 0.29) is 11.9 Å². The second kappa shape index (κ2) is 6.18. The van der Waals surface area contributed by atoms with Gasteiger partial charge in [0.05, 0.1) is 5.69 Å². The summed E-state index contributed by atoms with van der Waals surface area (Å²) in [6, 6.07) is 6.96. The van der Waals surface area contributed by atoms with Crippen molar-refractivity contribution in [1.82, 2.24) is 15.1 Å². The number of hydrogen-bond donors (Lipinski definition) is 1. The van der Waals surface area contributed by atoms with Crippen LogP contribution in [0.25, 0.3) is 0 Å². The largest absolute Gasteiger partial charge is 0.310 e. The average Bonchev–Trinajstić information content (AvgIpc) is 2.65. The van der Waals surface area contributed by atoms with E-state index in [1.165, 1.54) is 23.4 Å². The lowest BCUT2D eigenvalue weighted by atomic mass is 10.1. The highest BCUT2D eigenvalue weighted by Crippen LogP contribution is 2.20. The molecular formula is C16H22FN3. The molecule has 0 aliphatic carbocycles. The smallest absolute Gasteiger partial charge is 0.123 e. The molecule has 2 aromatic rings. The minimum atomic E-state index is -0.184. The zero-order chi connectivity index (χ0) is 14.7. The highest BCUT2D eigenvalue weighted by Gasteiger charge is 2.15. The van der Waals surface area contributed by atoms with E-state index in [9.17, 15) is 4.39 Å². The second-order valence-electron chi connectivity index (χ2n) is 5.26. The maximum absolute atomic E-state index is 12.8. The van der Waals surface area contributed by atoms with Crippen LogP contribution < -0.4 is 5.32 Å². The standard InChI is InChI=1S/C16H22FN3/c1-11(16-12(2)19-20(4)13(16)3)18-10-9-14-5-7-15(17)8-6-14/h5-8,11,18H,9-10H2,1-4H3. The van der Waals surface area contributed by atoms with E-state index >= 15 is 0 Å².